The van der Waals surface area contributed by atoms with Crippen molar-refractivity contribution in [2.24, 2.45) is 0 Å². The average Bonchev–Trinajstić information content (AvgIpc) is 2.33. The van der Waals surface area contributed by atoms with Crippen LogP contribution in [0.15, 0.2) is 24.3 Å². The molecular weight excluding hydrogens is 216 g/mol. The smallest absolute Gasteiger partial charge is 0.101 e. The van der Waals surface area contributed by atoms with Crippen molar-refractivity contribution in [1.29, 1.82) is 0 Å². The topological polar surface area (TPSA) is 20.2 Å². The van der Waals surface area contributed by atoms with Crippen LogP contribution < -0.4 is 0 Å². The van der Waals surface area contributed by atoms with Gasteiger partial charge in [-0.1, -0.05) is 38.1 Å². The molecule has 0 bridgehead atoms. The highest BCUT2D eigenvalue weighted by Crippen LogP contribution is 2.41. The highest BCUT2D eigenvalue weighted by molar-refractivity contribution is 8.00. The monoisotopic (exact) mass is 236 g/mol. The lowest BCUT2D eigenvalue weighted by Gasteiger charge is -2.38. The molecule has 1 aliphatic rings. The maximum Gasteiger partial charge on any atom is 0.101 e. The molecule has 2 heteroatoms. The molecule has 2 rings (SSSR count). The van der Waals surface area contributed by atoms with Crippen molar-refractivity contribution in [3.8, 4) is 0 Å². The summed E-state index contributed by atoms with van der Waals surface area (Å²) in [7, 11) is 0. The van der Waals surface area contributed by atoms with Gasteiger partial charge in [0, 0.05) is 5.25 Å². The van der Waals surface area contributed by atoms with Gasteiger partial charge in [0.05, 0.1) is 0 Å². The van der Waals surface area contributed by atoms with Gasteiger partial charge in [0.15, 0.2) is 0 Å². The largest absolute Gasteiger partial charge is 0.384 e. The zero-order valence-electron chi connectivity index (χ0n) is 10.1. The Morgan fingerprint density at radius 3 is 2.62 bits per heavy atom. The van der Waals surface area contributed by atoms with Crippen LogP contribution in [0.4, 0.5) is 0 Å². The van der Waals surface area contributed by atoms with E-state index in [9.17, 15) is 5.11 Å². The number of thioether (sulfide) groups is 1. The van der Waals surface area contributed by atoms with Crippen molar-refractivity contribution in [3.63, 3.8) is 0 Å². The van der Waals surface area contributed by atoms with E-state index in [1.54, 1.807) is 0 Å². The molecule has 1 saturated heterocycles. The molecule has 0 saturated carbocycles. The quantitative estimate of drug-likeness (QED) is 0.849. The SMILES string of the molecule is CCc1ccc(C2(O)CCCSC2C)cc1. The number of rotatable bonds is 2. The Labute approximate surface area is 102 Å². The number of hydrogen-bond acceptors (Lipinski definition) is 2. The van der Waals surface area contributed by atoms with E-state index in [0.29, 0.717) is 5.25 Å². The van der Waals surface area contributed by atoms with Gasteiger partial charge in [-0.2, -0.15) is 11.8 Å². The van der Waals surface area contributed by atoms with Crippen LogP contribution in [0.1, 0.15) is 37.8 Å². The van der Waals surface area contributed by atoms with Gasteiger partial charge >= 0.3 is 0 Å². The summed E-state index contributed by atoms with van der Waals surface area (Å²) in [5, 5.41) is 11.1. The fourth-order valence-electron chi connectivity index (χ4n) is 2.35. The molecule has 16 heavy (non-hydrogen) atoms. The summed E-state index contributed by atoms with van der Waals surface area (Å²) in [5.74, 6) is 1.18. The summed E-state index contributed by atoms with van der Waals surface area (Å²) < 4.78 is 0. The number of hydrogen-bond donors (Lipinski definition) is 1. The Hall–Kier alpha value is -0.470. The van der Waals surface area contributed by atoms with Crippen LogP contribution in [0.2, 0.25) is 0 Å². The molecule has 0 amide bonds. The number of benzene rings is 1. The molecule has 0 spiro atoms. The van der Waals surface area contributed by atoms with E-state index in [0.717, 1.165) is 24.8 Å². The summed E-state index contributed by atoms with van der Waals surface area (Å²) in [6.45, 7) is 4.29. The van der Waals surface area contributed by atoms with Gasteiger partial charge in [-0.25, -0.2) is 0 Å². The second-order valence-corrected chi connectivity index (χ2v) is 6.04. The normalized spacial score (nSPS) is 30.3. The molecule has 1 fully saturated rings. The van der Waals surface area contributed by atoms with Gasteiger partial charge < -0.3 is 5.11 Å². The summed E-state index contributed by atoms with van der Waals surface area (Å²) in [6, 6.07) is 8.47. The van der Waals surface area contributed by atoms with Crippen LogP contribution >= 0.6 is 11.8 Å². The minimum atomic E-state index is -0.616. The van der Waals surface area contributed by atoms with Crippen molar-refractivity contribution < 1.29 is 5.11 Å². The third-order valence-corrected chi connectivity index (χ3v) is 5.02. The van der Waals surface area contributed by atoms with Crippen LogP contribution in [0.5, 0.6) is 0 Å². The summed E-state index contributed by atoms with van der Waals surface area (Å²) in [4.78, 5) is 0. The van der Waals surface area contributed by atoms with Gasteiger partial charge in [-0.3, -0.25) is 0 Å². The molecule has 1 aromatic rings. The van der Waals surface area contributed by atoms with E-state index in [2.05, 4.69) is 38.1 Å². The van der Waals surface area contributed by atoms with Crippen LogP contribution in [0.3, 0.4) is 0 Å². The Bertz CT molecular complexity index is 346. The Balaban J connectivity index is 2.26. The minimum Gasteiger partial charge on any atom is -0.384 e. The lowest BCUT2D eigenvalue weighted by atomic mass is 9.85. The highest BCUT2D eigenvalue weighted by Gasteiger charge is 2.37. The van der Waals surface area contributed by atoms with Gasteiger partial charge in [0.25, 0.3) is 0 Å². The molecule has 0 radical (unpaired) electrons. The van der Waals surface area contributed by atoms with Gasteiger partial charge in [0.2, 0.25) is 0 Å². The van der Waals surface area contributed by atoms with Crippen LogP contribution in [0, 0.1) is 0 Å². The lowest BCUT2D eigenvalue weighted by molar-refractivity contribution is 0.0254. The van der Waals surface area contributed by atoms with Crippen LogP contribution in [0.25, 0.3) is 0 Å². The summed E-state index contributed by atoms with van der Waals surface area (Å²) >= 11 is 1.88. The molecule has 2 atom stereocenters. The standard InChI is InChI=1S/C14H20OS/c1-3-12-5-7-13(8-6-12)14(15)9-4-10-16-11(14)2/h5-8,11,15H,3-4,9-10H2,1-2H3. The van der Waals surface area contributed by atoms with Crippen molar-refractivity contribution >= 4 is 11.8 Å². The third-order valence-electron chi connectivity index (χ3n) is 3.60. The predicted octanol–water partition coefficient (Wildman–Crippen LogP) is 3.35. The zero-order chi connectivity index (χ0) is 11.6. The molecule has 1 nitrogen and oxygen atoms in total. The molecule has 0 aliphatic carbocycles. The highest BCUT2D eigenvalue weighted by atomic mass is 32.2. The zero-order valence-corrected chi connectivity index (χ0v) is 10.9. The van der Waals surface area contributed by atoms with Gasteiger partial charge in [-0.15, -0.1) is 0 Å². The molecule has 88 valence electrons. The number of aryl methyl sites for hydroxylation is 1. The van der Waals surface area contributed by atoms with Gasteiger partial charge in [0.1, 0.15) is 5.60 Å². The molecule has 0 aromatic heterocycles. The number of aliphatic hydroxyl groups is 1. The molecule has 1 N–H and O–H groups in total. The van der Waals surface area contributed by atoms with E-state index in [1.165, 1.54) is 11.3 Å². The first-order chi connectivity index (χ1) is 7.66. The second kappa shape index (κ2) is 4.80. The van der Waals surface area contributed by atoms with Crippen molar-refractivity contribution in [2.45, 2.75) is 44.0 Å². The first kappa shape index (κ1) is 12.0. The van der Waals surface area contributed by atoms with E-state index >= 15 is 0 Å². The Morgan fingerprint density at radius 2 is 2.06 bits per heavy atom. The maximum absolute atomic E-state index is 10.8. The predicted molar refractivity (Wildman–Crippen MR) is 70.9 cm³/mol. The maximum atomic E-state index is 10.8. The molecule has 1 aliphatic heterocycles. The van der Waals surface area contributed by atoms with Crippen molar-refractivity contribution in [2.75, 3.05) is 5.75 Å². The van der Waals surface area contributed by atoms with Crippen molar-refractivity contribution in [3.05, 3.63) is 35.4 Å². The summed E-state index contributed by atoms with van der Waals surface area (Å²) in [6.07, 6.45) is 3.07. The molecule has 2 unspecified atom stereocenters. The van der Waals surface area contributed by atoms with Crippen LogP contribution in [-0.2, 0) is 12.0 Å². The van der Waals surface area contributed by atoms with E-state index in [-0.39, 0.29) is 0 Å². The van der Waals surface area contributed by atoms with E-state index < -0.39 is 5.60 Å². The lowest BCUT2D eigenvalue weighted by Crippen LogP contribution is -2.38. The van der Waals surface area contributed by atoms with Gasteiger partial charge in [-0.05, 0) is 36.1 Å². The molecule has 1 heterocycles. The minimum absolute atomic E-state index is 0.300. The first-order valence-corrected chi connectivity index (χ1v) is 7.15. The first-order valence-electron chi connectivity index (χ1n) is 6.10. The van der Waals surface area contributed by atoms with E-state index in [4.69, 9.17) is 0 Å². The third kappa shape index (κ3) is 2.14. The Kier molecular flexibility index (Phi) is 3.60. The molecular formula is C14H20OS. The second-order valence-electron chi connectivity index (χ2n) is 4.59. The fraction of sp³-hybridized carbons (Fsp3) is 0.571. The van der Waals surface area contributed by atoms with Crippen molar-refractivity contribution in [1.82, 2.24) is 0 Å². The average molecular weight is 236 g/mol. The van der Waals surface area contributed by atoms with Crippen LogP contribution in [-0.4, -0.2) is 16.1 Å². The van der Waals surface area contributed by atoms with E-state index in [1.807, 2.05) is 11.8 Å². The molecule has 1 aromatic carbocycles. The summed E-state index contributed by atoms with van der Waals surface area (Å²) in [5.41, 5.74) is 1.81. The Morgan fingerprint density at radius 1 is 1.38 bits per heavy atom. The fourth-order valence-corrected chi connectivity index (χ4v) is 3.55.